The van der Waals surface area contributed by atoms with Crippen LogP contribution in [0.15, 0.2) is 30.4 Å². The lowest BCUT2D eigenvalue weighted by atomic mass is 9.84. The molecule has 0 radical (unpaired) electrons. The molecule has 1 aromatic carbocycles. The smallest absolute Gasteiger partial charge is 0.255 e. The van der Waals surface area contributed by atoms with Gasteiger partial charge in [-0.25, -0.2) is 0 Å². The van der Waals surface area contributed by atoms with E-state index in [2.05, 4.69) is 0 Å². The zero-order valence-electron chi connectivity index (χ0n) is 15.1. The van der Waals surface area contributed by atoms with E-state index < -0.39 is 5.60 Å². The molecule has 0 saturated carbocycles. The molecule has 25 heavy (non-hydrogen) atoms. The van der Waals surface area contributed by atoms with Crippen molar-refractivity contribution >= 4 is 11.7 Å². The zero-order chi connectivity index (χ0) is 18.0. The molecule has 2 aliphatic rings. The fourth-order valence-electron chi connectivity index (χ4n) is 3.36. The standard InChI is InChI=1S/C20H25NO4/c1-14(2)25-18-7-6-16(11-15(18)3)19(23)21-10-9-20(24-13-21)8-4-5-17(22)12-20/h4-7,11,14H,8-10,12-13H2,1-3H3. The Hall–Kier alpha value is -2.14. The molecule has 0 N–H and O–H groups in total. The molecule has 1 aliphatic heterocycles. The van der Waals surface area contributed by atoms with Crippen molar-refractivity contribution in [3.8, 4) is 5.75 Å². The maximum Gasteiger partial charge on any atom is 0.255 e. The minimum atomic E-state index is -0.423. The van der Waals surface area contributed by atoms with Crippen LogP contribution in [0, 0.1) is 6.92 Å². The average molecular weight is 343 g/mol. The van der Waals surface area contributed by atoms with Crippen molar-refractivity contribution in [2.45, 2.75) is 51.7 Å². The molecule has 1 heterocycles. The zero-order valence-corrected chi connectivity index (χ0v) is 15.1. The first-order chi connectivity index (χ1) is 11.9. The van der Waals surface area contributed by atoms with E-state index in [-0.39, 0.29) is 24.5 Å². The normalized spacial score (nSPS) is 23.4. The molecule has 1 spiro atoms. The highest BCUT2D eigenvalue weighted by molar-refractivity contribution is 5.95. The van der Waals surface area contributed by atoms with E-state index in [1.807, 2.05) is 39.0 Å². The van der Waals surface area contributed by atoms with Crippen molar-refractivity contribution < 1.29 is 19.1 Å². The van der Waals surface area contributed by atoms with Crippen LogP contribution in [0.5, 0.6) is 5.75 Å². The molecular weight excluding hydrogens is 318 g/mol. The van der Waals surface area contributed by atoms with Gasteiger partial charge in [0.05, 0.1) is 11.7 Å². The van der Waals surface area contributed by atoms with Crippen LogP contribution in [-0.2, 0) is 9.53 Å². The number of nitrogens with zero attached hydrogens (tertiary/aromatic N) is 1. The SMILES string of the molecule is Cc1cc(C(=O)N2CCC3(CC=CC(=O)C3)OC2)ccc1OC(C)C. The molecule has 5 heteroatoms. The van der Waals surface area contributed by atoms with Gasteiger partial charge >= 0.3 is 0 Å². The van der Waals surface area contributed by atoms with Gasteiger partial charge < -0.3 is 14.4 Å². The maximum atomic E-state index is 12.7. The molecule has 3 rings (SSSR count). The first kappa shape index (κ1) is 17.7. The minimum absolute atomic E-state index is 0.0493. The molecule has 1 aromatic rings. The molecule has 1 amide bonds. The highest BCUT2D eigenvalue weighted by atomic mass is 16.5. The summed E-state index contributed by atoms with van der Waals surface area (Å²) in [5.41, 5.74) is 1.15. The van der Waals surface area contributed by atoms with E-state index in [4.69, 9.17) is 9.47 Å². The summed E-state index contributed by atoms with van der Waals surface area (Å²) in [4.78, 5) is 26.1. The van der Waals surface area contributed by atoms with E-state index in [0.717, 1.165) is 17.7 Å². The molecule has 134 valence electrons. The molecule has 1 aliphatic carbocycles. The van der Waals surface area contributed by atoms with Crippen molar-refractivity contribution in [2.75, 3.05) is 13.3 Å². The number of rotatable bonds is 3. The lowest BCUT2D eigenvalue weighted by Gasteiger charge is -2.42. The van der Waals surface area contributed by atoms with Crippen LogP contribution in [0.4, 0.5) is 0 Å². The van der Waals surface area contributed by atoms with E-state index in [9.17, 15) is 9.59 Å². The Balaban J connectivity index is 1.66. The second kappa shape index (κ2) is 7.00. The Morgan fingerprint density at radius 1 is 1.36 bits per heavy atom. The molecule has 0 bridgehead atoms. The van der Waals surface area contributed by atoms with Gasteiger partial charge in [-0.2, -0.15) is 0 Å². The van der Waals surface area contributed by atoms with Gasteiger partial charge in [0, 0.05) is 18.5 Å². The van der Waals surface area contributed by atoms with Crippen molar-refractivity contribution in [1.82, 2.24) is 4.90 Å². The Morgan fingerprint density at radius 2 is 2.16 bits per heavy atom. The third kappa shape index (κ3) is 3.93. The largest absolute Gasteiger partial charge is 0.491 e. The summed E-state index contributed by atoms with van der Waals surface area (Å²) in [5.74, 6) is 0.849. The Bertz CT molecular complexity index is 700. The number of carbonyl (C=O) groups excluding carboxylic acids is 2. The summed E-state index contributed by atoms with van der Waals surface area (Å²) in [6, 6.07) is 5.50. The van der Waals surface area contributed by atoms with Crippen molar-refractivity contribution in [3.05, 3.63) is 41.5 Å². The summed E-state index contributed by atoms with van der Waals surface area (Å²) >= 11 is 0. The first-order valence-electron chi connectivity index (χ1n) is 8.78. The molecular formula is C20H25NO4. The van der Waals surface area contributed by atoms with Gasteiger partial charge in [-0.15, -0.1) is 0 Å². The summed E-state index contributed by atoms with van der Waals surface area (Å²) in [7, 11) is 0. The third-order valence-electron chi connectivity index (χ3n) is 4.73. The number of benzene rings is 1. The predicted molar refractivity (Wildman–Crippen MR) is 94.7 cm³/mol. The van der Waals surface area contributed by atoms with Gasteiger partial charge in [-0.1, -0.05) is 6.08 Å². The van der Waals surface area contributed by atoms with E-state index in [0.29, 0.717) is 24.9 Å². The number of hydrogen-bond acceptors (Lipinski definition) is 4. The Labute approximate surface area is 148 Å². The van der Waals surface area contributed by atoms with Crippen LogP contribution in [0.2, 0.25) is 0 Å². The van der Waals surface area contributed by atoms with E-state index in [1.165, 1.54) is 0 Å². The number of amides is 1. The second-order valence-corrected chi connectivity index (χ2v) is 7.17. The monoisotopic (exact) mass is 343 g/mol. The molecule has 1 saturated heterocycles. The number of allylic oxidation sites excluding steroid dienone is 1. The highest BCUT2D eigenvalue weighted by Gasteiger charge is 2.39. The number of aryl methyl sites for hydroxylation is 1. The van der Waals surface area contributed by atoms with E-state index in [1.54, 1.807) is 17.0 Å². The third-order valence-corrected chi connectivity index (χ3v) is 4.73. The number of carbonyl (C=O) groups is 2. The molecule has 0 aromatic heterocycles. The molecule has 5 nitrogen and oxygen atoms in total. The molecule has 1 fully saturated rings. The fraction of sp³-hybridized carbons (Fsp3) is 0.500. The van der Waals surface area contributed by atoms with Crippen LogP contribution >= 0.6 is 0 Å². The van der Waals surface area contributed by atoms with Crippen molar-refractivity contribution in [3.63, 3.8) is 0 Å². The lowest BCUT2D eigenvalue weighted by Crippen LogP contribution is -2.50. The van der Waals surface area contributed by atoms with Gasteiger partial charge in [0.2, 0.25) is 0 Å². The quantitative estimate of drug-likeness (QED) is 0.845. The summed E-state index contributed by atoms with van der Waals surface area (Å²) in [6.45, 7) is 6.72. The van der Waals surface area contributed by atoms with Gasteiger partial charge in [-0.05, 0) is 63.5 Å². The van der Waals surface area contributed by atoms with Gasteiger partial charge in [0.25, 0.3) is 5.91 Å². The number of ether oxygens (including phenoxy) is 2. The van der Waals surface area contributed by atoms with Crippen molar-refractivity contribution in [2.24, 2.45) is 0 Å². The van der Waals surface area contributed by atoms with E-state index >= 15 is 0 Å². The van der Waals surface area contributed by atoms with Crippen LogP contribution < -0.4 is 4.74 Å². The first-order valence-corrected chi connectivity index (χ1v) is 8.78. The van der Waals surface area contributed by atoms with Crippen LogP contribution in [0.3, 0.4) is 0 Å². The molecule has 1 unspecified atom stereocenters. The predicted octanol–water partition coefficient (Wildman–Crippen LogP) is 3.26. The van der Waals surface area contributed by atoms with Crippen LogP contribution in [-0.4, -0.2) is 41.6 Å². The minimum Gasteiger partial charge on any atom is -0.491 e. The van der Waals surface area contributed by atoms with Crippen molar-refractivity contribution in [1.29, 1.82) is 0 Å². The topological polar surface area (TPSA) is 55.8 Å². The highest BCUT2D eigenvalue weighted by Crippen LogP contribution is 2.33. The summed E-state index contributed by atoms with van der Waals surface area (Å²) < 4.78 is 11.7. The number of hydrogen-bond donors (Lipinski definition) is 0. The maximum absolute atomic E-state index is 12.7. The summed E-state index contributed by atoms with van der Waals surface area (Å²) in [6.07, 6.45) is 5.42. The van der Waals surface area contributed by atoms with Gasteiger partial charge in [0.1, 0.15) is 12.5 Å². The average Bonchev–Trinajstić information content (AvgIpc) is 2.56. The van der Waals surface area contributed by atoms with Crippen LogP contribution in [0.25, 0.3) is 0 Å². The summed E-state index contributed by atoms with van der Waals surface area (Å²) in [5, 5.41) is 0. The lowest BCUT2D eigenvalue weighted by molar-refractivity contribution is -0.143. The molecule has 1 atom stereocenters. The second-order valence-electron chi connectivity index (χ2n) is 7.17. The Morgan fingerprint density at radius 3 is 2.76 bits per heavy atom. The van der Waals surface area contributed by atoms with Crippen LogP contribution in [0.1, 0.15) is 49.0 Å². The fourth-order valence-corrected chi connectivity index (χ4v) is 3.36. The Kier molecular flexibility index (Phi) is 4.95. The number of ketones is 1. The van der Waals surface area contributed by atoms with Gasteiger partial charge in [-0.3, -0.25) is 9.59 Å². The van der Waals surface area contributed by atoms with Gasteiger partial charge in [0.15, 0.2) is 5.78 Å².